The van der Waals surface area contributed by atoms with E-state index in [1.54, 1.807) is 66.9 Å². The van der Waals surface area contributed by atoms with Gasteiger partial charge in [-0.15, -0.1) is 0 Å². The highest BCUT2D eigenvalue weighted by atomic mass is 35.5. The summed E-state index contributed by atoms with van der Waals surface area (Å²) in [6.07, 6.45) is 1.63. The summed E-state index contributed by atoms with van der Waals surface area (Å²) >= 11 is 6.05. The first-order valence-electron chi connectivity index (χ1n) is 9.32. The lowest BCUT2D eigenvalue weighted by Gasteiger charge is -2.22. The summed E-state index contributed by atoms with van der Waals surface area (Å²) in [6, 6.07) is 18.8. The number of nitrogens with zero attached hydrogens (tertiary/aromatic N) is 2. The van der Waals surface area contributed by atoms with Gasteiger partial charge in [0.05, 0.1) is 23.7 Å². The van der Waals surface area contributed by atoms with Gasteiger partial charge in [-0.2, -0.15) is 4.31 Å². The van der Waals surface area contributed by atoms with Crippen molar-refractivity contribution >= 4 is 27.5 Å². The van der Waals surface area contributed by atoms with Crippen molar-refractivity contribution in [2.45, 2.75) is 24.9 Å². The molecule has 8 heteroatoms. The summed E-state index contributed by atoms with van der Waals surface area (Å²) in [5.41, 5.74) is 2.33. The molecule has 6 nitrogen and oxygen atoms in total. The van der Waals surface area contributed by atoms with Crippen molar-refractivity contribution in [1.29, 1.82) is 0 Å². The van der Waals surface area contributed by atoms with Gasteiger partial charge < -0.3 is 5.32 Å². The Labute approximate surface area is 181 Å². The smallest absolute Gasteiger partial charge is 0.243 e. The summed E-state index contributed by atoms with van der Waals surface area (Å²) < 4.78 is 27.6. The minimum atomic E-state index is -3.89. The fourth-order valence-electron chi connectivity index (χ4n) is 2.83. The predicted molar refractivity (Wildman–Crippen MR) is 116 cm³/mol. The number of hydrogen-bond acceptors (Lipinski definition) is 4. The number of aromatic nitrogens is 1. The van der Waals surface area contributed by atoms with Crippen LogP contribution in [-0.4, -0.2) is 30.2 Å². The highest BCUT2D eigenvalue weighted by Gasteiger charge is 2.27. The lowest BCUT2D eigenvalue weighted by molar-refractivity contribution is -0.121. The number of rotatable bonds is 8. The third-order valence-electron chi connectivity index (χ3n) is 4.42. The average Bonchev–Trinajstić information content (AvgIpc) is 2.73. The molecule has 2 aromatic carbocycles. The van der Waals surface area contributed by atoms with E-state index in [0.717, 1.165) is 9.87 Å². The Morgan fingerprint density at radius 2 is 1.83 bits per heavy atom. The van der Waals surface area contributed by atoms with Crippen molar-refractivity contribution in [1.82, 2.24) is 14.6 Å². The molecule has 1 aromatic heterocycles. The predicted octanol–water partition coefficient (Wildman–Crippen LogP) is 3.55. The van der Waals surface area contributed by atoms with E-state index in [-0.39, 0.29) is 24.5 Å². The number of hydrogen-bond donors (Lipinski definition) is 1. The molecular weight excluding hydrogens is 422 g/mol. The first-order valence-corrected chi connectivity index (χ1v) is 11.1. The number of nitrogens with one attached hydrogen (secondary N) is 1. The lowest BCUT2D eigenvalue weighted by atomic mass is 10.2. The minimum absolute atomic E-state index is 0.0216. The van der Waals surface area contributed by atoms with Gasteiger partial charge in [0.2, 0.25) is 15.9 Å². The van der Waals surface area contributed by atoms with Crippen molar-refractivity contribution in [3.05, 3.63) is 94.8 Å². The molecular formula is C22H22ClN3O3S. The first-order chi connectivity index (χ1) is 14.3. The van der Waals surface area contributed by atoms with E-state index in [9.17, 15) is 13.2 Å². The zero-order chi connectivity index (χ0) is 21.6. The van der Waals surface area contributed by atoms with Gasteiger partial charge in [-0.25, -0.2) is 8.42 Å². The van der Waals surface area contributed by atoms with E-state index < -0.39 is 15.9 Å². The summed E-state index contributed by atoms with van der Waals surface area (Å²) in [5.74, 6) is -0.418. The maximum Gasteiger partial charge on any atom is 0.243 e. The first kappa shape index (κ1) is 22.0. The molecule has 3 aromatic rings. The zero-order valence-electron chi connectivity index (χ0n) is 16.5. The van der Waals surface area contributed by atoms with Gasteiger partial charge in [0.25, 0.3) is 0 Å². The Hall–Kier alpha value is -2.74. The van der Waals surface area contributed by atoms with Gasteiger partial charge in [0.1, 0.15) is 0 Å². The summed E-state index contributed by atoms with van der Waals surface area (Å²) in [7, 11) is -3.89. The molecule has 3 rings (SSSR count). The Bertz CT molecular complexity index is 1100. The lowest BCUT2D eigenvalue weighted by Crippen LogP contribution is -2.40. The highest BCUT2D eigenvalue weighted by Crippen LogP contribution is 2.20. The van der Waals surface area contributed by atoms with Crippen LogP contribution in [-0.2, 0) is 27.9 Å². The van der Waals surface area contributed by atoms with Crippen LogP contribution < -0.4 is 5.32 Å². The minimum Gasteiger partial charge on any atom is -0.349 e. The zero-order valence-corrected chi connectivity index (χ0v) is 18.0. The molecule has 30 heavy (non-hydrogen) atoms. The Balaban J connectivity index is 1.81. The number of carbonyl (C=O) groups excluding carboxylic acids is 1. The van der Waals surface area contributed by atoms with Gasteiger partial charge in [0.15, 0.2) is 0 Å². The summed E-state index contributed by atoms with van der Waals surface area (Å²) in [5, 5.41) is 3.23. The van der Waals surface area contributed by atoms with E-state index in [2.05, 4.69) is 10.3 Å². The number of sulfonamides is 1. The van der Waals surface area contributed by atoms with Gasteiger partial charge >= 0.3 is 0 Å². The highest BCUT2D eigenvalue weighted by molar-refractivity contribution is 7.89. The van der Waals surface area contributed by atoms with Crippen molar-refractivity contribution in [2.24, 2.45) is 0 Å². The van der Waals surface area contributed by atoms with E-state index in [4.69, 9.17) is 11.6 Å². The molecule has 0 fully saturated rings. The van der Waals surface area contributed by atoms with Gasteiger partial charge in [0, 0.05) is 17.8 Å². The standard InChI is InChI=1S/C22H22ClN3O3S/c1-17-8-10-21(11-9-17)30(28,29)26(15-18-5-4-6-19(23)13-18)16-22(27)25-14-20-7-2-3-12-24-20/h2-13H,14-16H2,1H3,(H,25,27). The number of carbonyl (C=O) groups is 1. The molecule has 0 radical (unpaired) electrons. The van der Waals surface area contributed by atoms with Crippen molar-refractivity contribution in [2.75, 3.05) is 6.54 Å². The fraction of sp³-hybridized carbons (Fsp3) is 0.182. The number of benzene rings is 2. The van der Waals surface area contributed by atoms with Crippen LogP contribution in [0.2, 0.25) is 5.02 Å². The van der Waals surface area contributed by atoms with Crippen molar-refractivity contribution < 1.29 is 13.2 Å². The number of pyridine rings is 1. The Morgan fingerprint density at radius 1 is 1.07 bits per heavy atom. The molecule has 0 aliphatic rings. The normalized spacial score (nSPS) is 11.4. The van der Waals surface area contributed by atoms with Crippen molar-refractivity contribution in [3.63, 3.8) is 0 Å². The molecule has 0 spiro atoms. The molecule has 0 aliphatic carbocycles. The maximum atomic E-state index is 13.2. The number of halogens is 1. The fourth-order valence-corrected chi connectivity index (χ4v) is 4.43. The molecule has 1 heterocycles. The van der Waals surface area contributed by atoms with E-state index in [0.29, 0.717) is 16.3 Å². The van der Waals surface area contributed by atoms with E-state index >= 15 is 0 Å². The Kier molecular flexibility index (Phi) is 7.20. The topological polar surface area (TPSA) is 79.4 Å². The number of aryl methyl sites for hydroxylation is 1. The third kappa shape index (κ3) is 5.89. The van der Waals surface area contributed by atoms with Gasteiger partial charge in [-0.05, 0) is 48.9 Å². The average molecular weight is 444 g/mol. The third-order valence-corrected chi connectivity index (χ3v) is 6.46. The SMILES string of the molecule is Cc1ccc(S(=O)(=O)N(CC(=O)NCc2ccccn2)Cc2cccc(Cl)c2)cc1. The van der Waals surface area contributed by atoms with Crippen LogP contribution >= 0.6 is 11.6 Å². The Morgan fingerprint density at radius 3 is 2.50 bits per heavy atom. The summed E-state index contributed by atoms with van der Waals surface area (Å²) in [6.45, 7) is 1.80. The second kappa shape index (κ2) is 9.84. The molecule has 1 N–H and O–H groups in total. The second-order valence-corrected chi connectivity index (χ2v) is 9.19. The van der Waals surface area contributed by atoms with Crippen LogP contribution in [0.1, 0.15) is 16.8 Å². The molecule has 0 aliphatic heterocycles. The van der Waals surface area contributed by atoms with Crippen LogP contribution in [0.3, 0.4) is 0 Å². The van der Waals surface area contributed by atoms with E-state index in [1.807, 2.05) is 13.0 Å². The molecule has 0 atom stereocenters. The molecule has 0 saturated carbocycles. The monoisotopic (exact) mass is 443 g/mol. The van der Waals surface area contributed by atoms with Gasteiger partial charge in [-0.1, -0.05) is 47.5 Å². The summed E-state index contributed by atoms with van der Waals surface area (Å²) in [4.78, 5) is 16.8. The molecule has 1 amide bonds. The van der Waals surface area contributed by atoms with Crippen LogP contribution in [0.25, 0.3) is 0 Å². The molecule has 156 valence electrons. The van der Waals surface area contributed by atoms with E-state index in [1.165, 1.54) is 0 Å². The quantitative estimate of drug-likeness (QED) is 0.577. The maximum absolute atomic E-state index is 13.2. The van der Waals surface area contributed by atoms with Crippen LogP contribution in [0.5, 0.6) is 0 Å². The largest absolute Gasteiger partial charge is 0.349 e. The molecule has 0 bridgehead atoms. The van der Waals surface area contributed by atoms with Crippen LogP contribution in [0.15, 0.2) is 77.8 Å². The molecule has 0 saturated heterocycles. The second-order valence-electron chi connectivity index (χ2n) is 6.81. The van der Waals surface area contributed by atoms with Crippen molar-refractivity contribution in [3.8, 4) is 0 Å². The number of amides is 1. The van der Waals surface area contributed by atoms with Crippen LogP contribution in [0, 0.1) is 6.92 Å². The van der Waals surface area contributed by atoms with Gasteiger partial charge in [-0.3, -0.25) is 9.78 Å². The molecule has 0 unspecified atom stereocenters. The van der Waals surface area contributed by atoms with Crippen LogP contribution in [0.4, 0.5) is 0 Å².